The van der Waals surface area contributed by atoms with E-state index in [0.717, 1.165) is 17.5 Å². The summed E-state index contributed by atoms with van der Waals surface area (Å²) in [6.07, 6.45) is 1.86. The van der Waals surface area contributed by atoms with E-state index >= 15 is 0 Å². The van der Waals surface area contributed by atoms with E-state index in [1.165, 1.54) is 17.0 Å². The fraction of sp³-hybridized carbons (Fsp3) is 0.412. The van der Waals surface area contributed by atoms with Crippen molar-refractivity contribution in [2.75, 3.05) is 26.7 Å². The third-order valence-corrected chi connectivity index (χ3v) is 4.14. The summed E-state index contributed by atoms with van der Waals surface area (Å²) in [5, 5.41) is 4.26. The molecule has 0 bridgehead atoms. The standard InChI is InChI=1S/C17H23FN4OS.HI/c1-4-19-17(21-12-16-20-11-13(2)24-16)22(3)9-10-23-15-7-5-14(18)6-8-15;/h5-8,11H,4,9-10,12H2,1-3H3,(H,19,21);1H. The monoisotopic (exact) mass is 478 g/mol. The molecule has 0 fully saturated rings. The predicted molar refractivity (Wildman–Crippen MR) is 112 cm³/mol. The van der Waals surface area contributed by atoms with Crippen molar-refractivity contribution in [2.45, 2.75) is 20.4 Å². The number of nitrogens with zero attached hydrogens (tertiary/aromatic N) is 3. The first-order valence-electron chi connectivity index (χ1n) is 7.87. The molecule has 1 aromatic heterocycles. The van der Waals surface area contributed by atoms with Crippen molar-refractivity contribution >= 4 is 41.3 Å². The van der Waals surface area contributed by atoms with E-state index in [1.807, 2.05) is 32.0 Å². The average molecular weight is 478 g/mol. The van der Waals surface area contributed by atoms with Gasteiger partial charge >= 0.3 is 0 Å². The van der Waals surface area contributed by atoms with Crippen molar-refractivity contribution in [2.24, 2.45) is 4.99 Å². The predicted octanol–water partition coefficient (Wildman–Crippen LogP) is 3.68. The SMILES string of the molecule is CCNC(=NCc1ncc(C)s1)N(C)CCOc1ccc(F)cc1.I. The molecule has 0 amide bonds. The molecule has 0 spiro atoms. The van der Waals surface area contributed by atoms with Crippen LogP contribution in [0.25, 0.3) is 0 Å². The Morgan fingerprint density at radius 2 is 2.08 bits per heavy atom. The number of thiazole rings is 1. The topological polar surface area (TPSA) is 49.8 Å². The van der Waals surface area contributed by atoms with Gasteiger partial charge in [-0.05, 0) is 38.1 Å². The third kappa shape index (κ3) is 7.55. The van der Waals surface area contributed by atoms with E-state index in [1.54, 1.807) is 23.5 Å². The van der Waals surface area contributed by atoms with Crippen LogP contribution in [0, 0.1) is 12.7 Å². The molecule has 25 heavy (non-hydrogen) atoms. The molecule has 0 unspecified atom stereocenters. The Morgan fingerprint density at radius 1 is 1.36 bits per heavy atom. The van der Waals surface area contributed by atoms with Gasteiger partial charge in [0.2, 0.25) is 0 Å². The summed E-state index contributed by atoms with van der Waals surface area (Å²) in [6.45, 7) is 6.58. The molecule has 1 heterocycles. The van der Waals surface area contributed by atoms with E-state index in [9.17, 15) is 4.39 Å². The molecule has 0 aliphatic heterocycles. The maximum atomic E-state index is 12.9. The van der Waals surface area contributed by atoms with Gasteiger partial charge in [-0.1, -0.05) is 0 Å². The highest BCUT2D eigenvalue weighted by atomic mass is 127. The van der Waals surface area contributed by atoms with Gasteiger partial charge in [-0.2, -0.15) is 0 Å². The molecule has 2 rings (SSSR count). The molecule has 0 saturated carbocycles. The Balaban J connectivity index is 0.00000312. The Hall–Kier alpha value is -1.42. The van der Waals surface area contributed by atoms with Crippen molar-refractivity contribution in [1.29, 1.82) is 0 Å². The summed E-state index contributed by atoms with van der Waals surface area (Å²) in [4.78, 5) is 12.1. The molecule has 8 heteroatoms. The van der Waals surface area contributed by atoms with Crippen LogP contribution in [-0.2, 0) is 6.54 Å². The number of rotatable bonds is 7. The summed E-state index contributed by atoms with van der Waals surface area (Å²) < 4.78 is 18.5. The maximum absolute atomic E-state index is 12.9. The molecule has 1 aromatic carbocycles. The molecule has 0 saturated heterocycles. The molecule has 2 aromatic rings. The number of nitrogens with one attached hydrogen (secondary N) is 1. The lowest BCUT2D eigenvalue weighted by molar-refractivity contribution is 0.281. The number of aliphatic imine (C=N–C) groups is 1. The van der Waals surface area contributed by atoms with Gasteiger partial charge in [0.05, 0.1) is 13.1 Å². The van der Waals surface area contributed by atoms with Crippen molar-refractivity contribution in [3.05, 3.63) is 46.2 Å². The summed E-state index contributed by atoms with van der Waals surface area (Å²) in [5.41, 5.74) is 0. The fourth-order valence-electron chi connectivity index (χ4n) is 2.02. The molecule has 0 radical (unpaired) electrons. The van der Waals surface area contributed by atoms with E-state index < -0.39 is 0 Å². The number of benzene rings is 1. The van der Waals surface area contributed by atoms with Crippen LogP contribution in [0.4, 0.5) is 4.39 Å². The van der Waals surface area contributed by atoms with E-state index in [-0.39, 0.29) is 29.8 Å². The van der Waals surface area contributed by atoms with Crippen LogP contribution in [0.3, 0.4) is 0 Å². The molecule has 138 valence electrons. The zero-order chi connectivity index (χ0) is 17.4. The first-order valence-corrected chi connectivity index (χ1v) is 8.69. The number of hydrogen-bond acceptors (Lipinski definition) is 4. The Morgan fingerprint density at radius 3 is 2.68 bits per heavy atom. The van der Waals surface area contributed by atoms with Crippen molar-refractivity contribution in [3.8, 4) is 5.75 Å². The molecular weight excluding hydrogens is 454 g/mol. The highest BCUT2D eigenvalue weighted by Gasteiger charge is 2.07. The van der Waals surface area contributed by atoms with E-state index in [0.29, 0.717) is 25.4 Å². The summed E-state index contributed by atoms with van der Waals surface area (Å²) >= 11 is 1.66. The van der Waals surface area contributed by atoms with Gasteiger partial charge in [-0.15, -0.1) is 35.3 Å². The van der Waals surface area contributed by atoms with Crippen LogP contribution in [-0.4, -0.2) is 42.6 Å². The van der Waals surface area contributed by atoms with Gasteiger partial charge in [-0.3, -0.25) is 0 Å². The normalized spacial score (nSPS) is 11.0. The van der Waals surface area contributed by atoms with Crippen LogP contribution < -0.4 is 10.1 Å². The number of ether oxygens (including phenoxy) is 1. The van der Waals surface area contributed by atoms with Gasteiger partial charge in [-0.25, -0.2) is 14.4 Å². The zero-order valence-corrected chi connectivity index (χ0v) is 17.8. The van der Waals surface area contributed by atoms with Gasteiger partial charge in [0.1, 0.15) is 23.2 Å². The number of guanidine groups is 1. The Bertz CT molecular complexity index is 663. The van der Waals surface area contributed by atoms with Crippen LogP contribution in [0.2, 0.25) is 0 Å². The maximum Gasteiger partial charge on any atom is 0.194 e. The highest BCUT2D eigenvalue weighted by molar-refractivity contribution is 14.0. The molecular formula is C17H24FIN4OS. The number of hydrogen-bond donors (Lipinski definition) is 1. The zero-order valence-electron chi connectivity index (χ0n) is 14.7. The second kappa shape index (κ2) is 11.2. The number of aromatic nitrogens is 1. The largest absolute Gasteiger partial charge is 0.492 e. The molecule has 0 atom stereocenters. The number of aryl methyl sites for hydroxylation is 1. The van der Waals surface area contributed by atoms with E-state index in [2.05, 4.69) is 15.3 Å². The number of likely N-dealkylation sites (N-methyl/N-ethyl adjacent to an activating group) is 1. The smallest absolute Gasteiger partial charge is 0.194 e. The first-order chi connectivity index (χ1) is 11.6. The molecule has 0 aliphatic carbocycles. The minimum atomic E-state index is -0.265. The Labute approximate surface area is 169 Å². The second-order valence-corrected chi connectivity index (χ2v) is 6.58. The van der Waals surface area contributed by atoms with Gasteiger partial charge in [0.15, 0.2) is 5.96 Å². The quantitative estimate of drug-likeness (QED) is 0.375. The van der Waals surface area contributed by atoms with Crippen LogP contribution in [0.15, 0.2) is 35.5 Å². The fourth-order valence-corrected chi connectivity index (χ4v) is 2.74. The van der Waals surface area contributed by atoms with Crippen LogP contribution in [0.5, 0.6) is 5.75 Å². The third-order valence-electron chi connectivity index (χ3n) is 3.24. The first kappa shape index (κ1) is 21.6. The van der Waals surface area contributed by atoms with Crippen molar-refractivity contribution in [3.63, 3.8) is 0 Å². The summed E-state index contributed by atoms with van der Waals surface area (Å²) in [7, 11) is 1.96. The van der Waals surface area contributed by atoms with Crippen molar-refractivity contribution < 1.29 is 9.13 Å². The minimum absolute atomic E-state index is 0. The lowest BCUT2D eigenvalue weighted by Crippen LogP contribution is -2.40. The van der Waals surface area contributed by atoms with E-state index in [4.69, 9.17) is 4.74 Å². The average Bonchev–Trinajstić information content (AvgIpc) is 2.98. The van der Waals surface area contributed by atoms with Gasteiger partial charge in [0, 0.05) is 24.7 Å². The minimum Gasteiger partial charge on any atom is -0.492 e. The molecule has 5 nitrogen and oxygen atoms in total. The number of halogens is 2. The molecule has 0 aliphatic rings. The van der Waals surface area contributed by atoms with Gasteiger partial charge < -0.3 is 15.0 Å². The molecule has 1 N–H and O–H groups in total. The van der Waals surface area contributed by atoms with Crippen LogP contribution >= 0.6 is 35.3 Å². The van der Waals surface area contributed by atoms with Gasteiger partial charge in [0.25, 0.3) is 0 Å². The lowest BCUT2D eigenvalue weighted by atomic mass is 10.3. The Kier molecular flexibility index (Phi) is 9.73. The summed E-state index contributed by atoms with van der Waals surface area (Å²) in [5.74, 6) is 1.21. The lowest BCUT2D eigenvalue weighted by Gasteiger charge is -2.22. The second-order valence-electron chi connectivity index (χ2n) is 5.26. The van der Waals surface area contributed by atoms with Crippen molar-refractivity contribution in [1.82, 2.24) is 15.2 Å². The summed E-state index contributed by atoms with van der Waals surface area (Å²) in [6, 6.07) is 6.03. The van der Waals surface area contributed by atoms with Crippen LogP contribution in [0.1, 0.15) is 16.8 Å². The highest BCUT2D eigenvalue weighted by Crippen LogP contribution is 2.12.